The van der Waals surface area contributed by atoms with Crippen LogP contribution in [-0.4, -0.2) is 56.2 Å². The molecule has 1 fully saturated rings. The number of alkyl halides is 3. The highest BCUT2D eigenvalue weighted by Gasteiger charge is 2.36. The van der Waals surface area contributed by atoms with E-state index in [4.69, 9.17) is 4.74 Å². The van der Waals surface area contributed by atoms with Gasteiger partial charge in [0, 0.05) is 68.0 Å². The van der Waals surface area contributed by atoms with Gasteiger partial charge in [-0.3, -0.25) is 19.3 Å². The summed E-state index contributed by atoms with van der Waals surface area (Å²) in [5.41, 5.74) is 1.39. The summed E-state index contributed by atoms with van der Waals surface area (Å²) in [5, 5.41) is 10.3. The largest absolute Gasteiger partial charge is 0.438 e. The van der Waals surface area contributed by atoms with Gasteiger partial charge in [-0.25, -0.2) is 4.98 Å². The number of anilines is 2. The Kier molecular flexibility index (Phi) is 9.47. The first-order valence-electron chi connectivity index (χ1n) is 15.9. The molecule has 49 heavy (non-hydrogen) atoms. The number of aryl methyl sites for hydroxylation is 2. The van der Waals surface area contributed by atoms with Gasteiger partial charge in [-0.15, -0.1) is 0 Å². The number of halogens is 3. The number of benzene rings is 2. The van der Waals surface area contributed by atoms with Crippen LogP contribution in [0, 0.1) is 12.8 Å². The first-order valence-corrected chi connectivity index (χ1v) is 15.9. The predicted molar refractivity (Wildman–Crippen MR) is 178 cm³/mol. The van der Waals surface area contributed by atoms with Crippen molar-refractivity contribution in [3.8, 4) is 23.0 Å². The molecule has 3 aromatic heterocycles. The van der Waals surface area contributed by atoms with Crippen molar-refractivity contribution < 1.29 is 27.5 Å². The van der Waals surface area contributed by atoms with Gasteiger partial charge in [-0.05, 0) is 73.7 Å². The second-order valence-electron chi connectivity index (χ2n) is 11.9. The fourth-order valence-electron chi connectivity index (χ4n) is 5.74. The van der Waals surface area contributed by atoms with E-state index >= 15 is 0 Å². The number of carbonyl (C=O) groups is 2. The number of nitrogens with one attached hydrogen (secondary N) is 2. The molecule has 0 aliphatic carbocycles. The Morgan fingerprint density at radius 3 is 2.49 bits per heavy atom. The SMILES string of the molecule is CCC(=O)NCC1CCN(c2ccc(NC(=O)c3ccc(C)c(Oc4nc(-c5ccncc5)nc5c4cnn5C)c3)cc2C(F)(F)F)CC1. The number of nitrogens with zero attached hydrogens (tertiary/aromatic N) is 6. The zero-order chi connectivity index (χ0) is 34.7. The highest BCUT2D eigenvalue weighted by atomic mass is 19.4. The lowest BCUT2D eigenvalue weighted by atomic mass is 9.95. The molecule has 254 valence electrons. The average molecular weight is 673 g/mol. The summed E-state index contributed by atoms with van der Waals surface area (Å²) in [7, 11) is 1.75. The van der Waals surface area contributed by atoms with E-state index in [-0.39, 0.29) is 34.6 Å². The number of amides is 2. The number of hydrogen-bond donors (Lipinski definition) is 2. The highest BCUT2D eigenvalue weighted by Crippen LogP contribution is 2.40. The Balaban J connectivity index is 1.21. The van der Waals surface area contributed by atoms with Gasteiger partial charge in [-0.2, -0.15) is 23.3 Å². The lowest BCUT2D eigenvalue weighted by molar-refractivity contribution is -0.137. The van der Waals surface area contributed by atoms with E-state index in [0.29, 0.717) is 67.1 Å². The van der Waals surface area contributed by atoms with Crippen molar-refractivity contribution in [2.45, 2.75) is 39.3 Å². The molecule has 11 nitrogen and oxygen atoms in total. The number of ether oxygens (including phenoxy) is 1. The summed E-state index contributed by atoms with van der Waals surface area (Å²) in [6.45, 7) is 4.95. The van der Waals surface area contributed by atoms with Crippen LogP contribution in [-0.2, 0) is 18.0 Å². The number of aromatic nitrogens is 5. The molecule has 2 aromatic carbocycles. The van der Waals surface area contributed by atoms with Crippen molar-refractivity contribution in [1.82, 2.24) is 30.0 Å². The number of pyridine rings is 1. The molecule has 2 amide bonds. The molecule has 0 bridgehead atoms. The zero-order valence-corrected chi connectivity index (χ0v) is 27.2. The molecule has 14 heteroatoms. The van der Waals surface area contributed by atoms with Crippen LogP contribution in [0.5, 0.6) is 11.6 Å². The summed E-state index contributed by atoms with van der Waals surface area (Å²) in [6.07, 6.45) is 1.91. The quantitative estimate of drug-likeness (QED) is 0.181. The third-order valence-corrected chi connectivity index (χ3v) is 8.58. The van der Waals surface area contributed by atoms with Crippen LogP contribution in [0.2, 0.25) is 0 Å². The summed E-state index contributed by atoms with van der Waals surface area (Å²) in [6, 6.07) is 12.2. The van der Waals surface area contributed by atoms with Crippen LogP contribution in [0.15, 0.2) is 67.1 Å². The molecule has 6 rings (SSSR count). The van der Waals surface area contributed by atoms with Gasteiger partial charge in [-0.1, -0.05) is 13.0 Å². The monoisotopic (exact) mass is 672 g/mol. The number of hydrogen-bond acceptors (Lipinski definition) is 8. The van der Waals surface area contributed by atoms with E-state index in [1.807, 2.05) is 0 Å². The van der Waals surface area contributed by atoms with Crippen molar-refractivity contribution >= 4 is 34.2 Å². The van der Waals surface area contributed by atoms with Gasteiger partial charge in [0.05, 0.1) is 11.8 Å². The Hall–Kier alpha value is -5.53. The number of piperidine rings is 1. The van der Waals surface area contributed by atoms with Gasteiger partial charge < -0.3 is 20.3 Å². The first kappa shape index (κ1) is 33.4. The van der Waals surface area contributed by atoms with E-state index < -0.39 is 17.6 Å². The number of fused-ring (bicyclic) bond motifs is 1. The van der Waals surface area contributed by atoms with Gasteiger partial charge >= 0.3 is 6.18 Å². The van der Waals surface area contributed by atoms with Gasteiger partial charge in [0.1, 0.15) is 11.1 Å². The lowest BCUT2D eigenvalue weighted by Crippen LogP contribution is -2.39. The van der Waals surface area contributed by atoms with Crippen molar-refractivity contribution in [2.75, 3.05) is 29.9 Å². The minimum atomic E-state index is -4.64. The molecule has 0 unspecified atom stereocenters. The van der Waals surface area contributed by atoms with E-state index in [9.17, 15) is 22.8 Å². The second kappa shape index (κ2) is 13.9. The van der Waals surface area contributed by atoms with E-state index in [1.165, 1.54) is 18.2 Å². The van der Waals surface area contributed by atoms with E-state index in [1.54, 1.807) is 73.3 Å². The smallest absolute Gasteiger partial charge is 0.418 e. The van der Waals surface area contributed by atoms with Crippen molar-refractivity contribution in [2.24, 2.45) is 13.0 Å². The van der Waals surface area contributed by atoms with Gasteiger partial charge in [0.25, 0.3) is 5.91 Å². The fraction of sp³-hybridized carbons (Fsp3) is 0.314. The minimum Gasteiger partial charge on any atom is -0.438 e. The molecule has 0 radical (unpaired) electrons. The van der Waals surface area contributed by atoms with Gasteiger partial charge in [0.2, 0.25) is 11.8 Å². The van der Waals surface area contributed by atoms with Gasteiger partial charge in [0.15, 0.2) is 11.5 Å². The molecule has 1 aliphatic rings. The van der Waals surface area contributed by atoms with Crippen molar-refractivity contribution in [3.63, 3.8) is 0 Å². The molecule has 5 aromatic rings. The van der Waals surface area contributed by atoms with Crippen LogP contribution < -0.4 is 20.3 Å². The first-order chi connectivity index (χ1) is 23.5. The predicted octanol–water partition coefficient (Wildman–Crippen LogP) is 6.54. The highest BCUT2D eigenvalue weighted by molar-refractivity contribution is 6.04. The topological polar surface area (TPSA) is 127 Å². The Labute approximate surface area is 280 Å². The minimum absolute atomic E-state index is 0.0103. The Bertz CT molecular complexity index is 1990. The molecule has 1 saturated heterocycles. The number of rotatable bonds is 9. The summed E-state index contributed by atoms with van der Waals surface area (Å²) < 4.78 is 50.8. The third-order valence-electron chi connectivity index (χ3n) is 8.58. The summed E-state index contributed by atoms with van der Waals surface area (Å²) >= 11 is 0. The molecule has 2 N–H and O–H groups in total. The average Bonchev–Trinajstić information content (AvgIpc) is 3.48. The molecular weight excluding hydrogens is 637 g/mol. The van der Waals surface area contributed by atoms with Crippen LogP contribution >= 0.6 is 0 Å². The molecular formula is C35H35F3N8O3. The molecule has 4 heterocycles. The molecule has 0 atom stereocenters. The summed E-state index contributed by atoms with van der Waals surface area (Å²) in [5.74, 6) is 0.519. The number of carbonyl (C=O) groups excluding carboxylic acids is 2. The van der Waals surface area contributed by atoms with Crippen LogP contribution in [0.3, 0.4) is 0 Å². The standard InChI is InChI=1S/C35H35F3N8O3/c1-4-30(47)40-19-22-11-15-46(16-12-22)28-8-7-25(18-27(28)35(36,37)38)42-33(48)24-6-5-21(2)29(17-24)49-34-26-20-41-45(3)32(26)43-31(44-34)23-9-13-39-14-10-23/h5-10,13-14,17-18,20,22H,4,11-12,15-16,19H2,1-3H3,(H,40,47)(H,42,48). The fourth-order valence-corrected chi connectivity index (χ4v) is 5.74. The Morgan fingerprint density at radius 2 is 1.78 bits per heavy atom. The van der Waals surface area contributed by atoms with Crippen LogP contribution in [0.25, 0.3) is 22.4 Å². The molecule has 0 saturated carbocycles. The van der Waals surface area contributed by atoms with Crippen molar-refractivity contribution in [3.05, 3.63) is 83.8 Å². The molecule has 0 spiro atoms. The van der Waals surface area contributed by atoms with Crippen LogP contribution in [0.4, 0.5) is 24.5 Å². The maximum absolute atomic E-state index is 14.3. The second-order valence-corrected chi connectivity index (χ2v) is 11.9. The van der Waals surface area contributed by atoms with E-state index in [2.05, 4.69) is 30.7 Å². The lowest BCUT2D eigenvalue weighted by Gasteiger charge is -2.35. The third kappa shape index (κ3) is 7.47. The maximum Gasteiger partial charge on any atom is 0.418 e. The Morgan fingerprint density at radius 1 is 1.02 bits per heavy atom. The summed E-state index contributed by atoms with van der Waals surface area (Å²) in [4.78, 5) is 40.0. The van der Waals surface area contributed by atoms with E-state index in [0.717, 1.165) is 11.6 Å². The maximum atomic E-state index is 14.3. The zero-order valence-electron chi connectivity index (χ0n) is 27.2. The normalized spacial score (nSPS) is 13.8. The van der Waals surface area contributed by atoms with Crippen LogP contribution in [0.1, 0.15) is 47.7 Å². The molecule has 1 aliphatic heterocycles. The van der Waals surface area contributed by atoms with Crippen molar-refractivity contribution in [1.29, 1.82) is 0 Å².